The Bertz CT molecular complexity index is 549. The Balaban J connectivity index is 2.29. The molecular formula is C12H11N3O. The van der Waals surface area contributed by atoms with Crippen molar-refractivity contribution < 1.29 is 4.79 Å². The second-order valence-corrected chi connectivity index (χ2v) is 3.37. The molecule has 0 aliphatic rings. The minimum Gasteiger partial charge on any atom is -0.296 e. The summed E-state index contributed by atoms with van der Waals surface area (Å²) in [6.45, 7) is 1.63. The molecule has 0 saturated carbocycles. The number of anilines is 1. The van der Waals surface area contributed by atoms with Gasteiger partial charge in [0.25, 0.3) is 0 Å². The summed E-state index contributed by atoms with van der Waals surface area (Å²) >= 11 is 0. The number of para-hydroxylation sites is 1. The highest BCUT2D eigenvalue weighted by Crippen LogP contribution is 2.14. The van der Waals surface area contributed by atoms with Crippen molar-refractivity contribution in [2.75, 3.05) is 5.43 Å². The van der Waals surface area contributed by atoms with E-state index in [2.05, 4.69) is 15.5 Å². The Labute approximate surface area is 93.0 Å². The Morgan fingerprint density at radius 2 is 2.12 bits per heavy atom. The van der Waals surface area contributed by atoms with Gasteiger partial charge in [-0.2, -0.15) is 5.10 Å². The molecule has 0 spiro atoms. The fourth-order valence-corrected chi connectivity index (χ4v) is 1.30. The van der Waals surface area contributed by atoms with E-state index in [-0.39, 0.29) is 0 Å². The number of pyridine rings is 1. The monoisotopic (exact) mass is 213 g/mol. The molecule has 1 aromatic carbocycles. The molecule has 0 aliphatic heterocycles. The first-order valence-electron chi connectivity index (χ1n) is 4.91. The molecule has 0 aliphatic carbocycles. The number of hydrazone groups is 1. The molecule has 1 heterocycles. The highest BCUT2D eigenvalue weighted by Gasteiger charge is 1.96. The maximum atomic E-state index is 10.3. The van der Waals surface area contributed by atoms with Crippen molar-refractivity contribution in [3.63, 3.8) is 0 Å². The predicted octanol–water partition coefficient (Wildman–Crippen LogP) is 2.22. The minimum absolute atomic E-state index is 0.384. The van der Waals surface area contributed by atoms with E-state index in [1.165, 1.54) is 0 Å². The van der Waals surface area contributed by atoms with E-state index in [9.17, 15) is 4.79 Å². The first-order valence-corrected chi connectivity index (χ1v) is 4.91. The van der Waals surface area contributed by atoms with Crippen LogP contribution in [0.3, 0.4) is 0 Å². The second kappa shape index (κ2) is 4.53. The van der Waals surface area contributed by atoms with E-state index in [0.717, 1.165) is 10.9 Å². The quantitative estimate of drug-likeness (QED) is 0.483. The van der Waals surface area contributed by atoms with Crippen LogP contribution in [0.2, 0.25) is 0 Å². The zero-order valence-corrected chi connectivity index (χ0v) is 8.84. The van der Waals surface area contributed by atoms with Crippen molar-refractivity contribution in [2.45, 2.75) is 6.92 Å². The van der Waals surface area contributed by atoms with Gasteiger partial charge in [-0.25, -0.2) is 4.98 Å². The Hall–Kier alpha value is -2.23. The predicted molar refractivity (Wildman–Crippen MR) is 64.5 cm³/mol. The summed E-state index contributed by atoms with van der Waals surface area (Å²) in [5.74, 6) is 0.625. The summed E-state index contributed by atoms with van der Waals surface area (Å²) in [6, 6.07) is 11.6. The van der Waals surface area contributed by atoms with Crippen LogP contribution in [0.25, 0.3) is 10.9 Å². The SMILES string of the molecule is C/C(C=O)=N\Nc1ccc2ccccc2n1. The van der Waals surface area contributed by atoms with E-state index in [0.29, 0.717) is 17.8 Å². The summed E-state index contributed by atoms with van der Waals surface area (Å²) in [7, 11) is 0. The summed E-state index contributed by atoms with van der Waals surface area (Å²) in [5.41, 5.74) is 4.01. The zero-order valence-electron chi connectivity index (χ0n) is 8.84. The number of aldehydes is 1. The van der Waals surface area contributed by atoms with Gasteiger partial charge in [-0.1, -0.05) is 18.2 Å². The van der Waals surface area contributed by atoms with Gasteiger partial charge in [0, 0.05) is 5.39 Å². The molecule has 4 nitrogen and oxygen atoms in total. The number of carbonyl (C=O) groups is 1. The molecule has 0 bridgehead atoms. The number of aromatic nitrogens is 1. The molecule has 80 valence electrons. The van der Waals surface area contributed by atoms with Gasteiger partial charge in [-0.15, -0.1) is 0 Å². The van der Waals surface area contributed by atoms with Crippen LogP contribution in [0.4, 0.5) is 5.82 Å². The van der Waals surface area contributed by atoms with Gasteiger partial charge in [0.1, 0.15) is 5.82 Å². The average Bonchev–Trinajstić information content (AvgIpc) is 2.35. The standard InChI is InChI=1S/C12H11N3O/c1-9(8-16)14-15-12-7-6-10-4-2-3-5-11(10)13-12/h2-8H,1H3,(H,13,15)/b14-9+. The molecule has 0 saturated heterocycles. The number of fused-ring (bicyclic) bond motifs is 1. The van der Waals surface area contributed by atoms with Gasteiger partial charge in [0.15, 0.2) is 6.29 Å². The number of carbonyl (C=O) groups excluding carboxylic acids is 1. The number of nitrogens with one attached hydrogen (secondary N) is 1. The molecule has 1 aromatic heterocycles. The van der Waals surface area contributed by atoms with Gasteiger partial charge < -0.3 is 0 Å². The molecular weight excluding hydrogens is 202 g/mol. The van der Waals surface area contributed by atoms with Crippen molar-refractivity contribution in [2.24, 2.45) is 5.10 Å². The van der Waals surface area contributed by atoms with Crippen LogP contribution in [0, 0.1) is 0 Å². The van der Waals surface area contributed by atoms with Gasteiger partial charge in [0.05, 0.1) is 11.2 Å². The van der Waals surface area contributed by atoms with Crippen LogP contribution < -0.4 is 5.43 Å². The number of hydrogen-bond acceptors (Lipinski definition) is 4. The Kier molecular flexibility index (Phi) is 2.91. The number of hydrogen-bond donors (Lipinski definition) is 1. The third kappa shape index (κ3) is 2.23. The van der Waals surface area contributed by atoms with E-state index in [1.807, 2.05) is 36.4 Å². The van der Waals surface area contributed by atoms with E-state index >= 15 is 0 Å². The minimum atomic E-state index is 0.384. The molecule has 2 rings (SSSR count). The molecule has 0 amide bonds. The smallest absolute Gasteiger partial charge is 0.165 e. The van der Waals surface area contributed by atoms with Gasteiger partial charge in [-0.3, -0.25) is 10.2 Å². The van der Waals surface area contributed by atoms with E-state index in [1.54, 1.807) is 6.92 Å². The summed E-state index contributed by atoms with van der Waals surface area (Å²) in [4.78, 5) is 14.7. The number of rotatable bonds is 3. The molecule has 1 N–H and O–H groups in total. The second-order valence-electron chi connectivity index (χ2n) is 3.37. The topological polar surface area (TPSA) is 54.4 Å². The van der Waals surface area contributed by atoms with Crippen molar-refractivity contribution in [1.82, 2.24) is 4.98 Å². The fraction of sp³-hybridized carbons (Fsp3) is 0.0833. The lowest BCUT2D eigenvalue weighted by atomic mass is 10.2. The average molecular weight is 213 g/mol. The molecule has 0 radical (unpaired) electrons. The summed E-state index contributed by atoms with van der Waals surface area (Å²) < 4.78 is 0. The summed E-state index contributed by atoms with van der Waals surface area (Å²) in [6.07, 6.45) is 0.689. The molecule has 0 unspecified atom stereocenters. The lowest BCUT2D eigenvalue weighted by Gasteiger charge is -2.01. The highest BCUT2D eigenvalue weighted by molar-refractivity contribution is 6.27. The Morgan fingerprint density at radius 3 is 2.94 bits per heavy atom. The lowest BCUT2D eigenvalue weighted by molar-refractivity contribution is -0.102. The van der Waals surface area contributed by atoms with E-state index in [4.69, 9.17) is 0 Å². The maximum absolute atomic E-state index is 10.3. The molecule has 2 aromatic rings. The fourth-order valence-electron chi connectivity index (χ4n) is 1.30. The Morgan fingerprint density at radius 1 is 1.31 bits per heavy atom. The molecule has 0 atom stereocenters. The lowest BCUT2D eigenvalue weighted by Crippen LogP contribution is -1.99. The van der Waals surface area contributed by atoms with Crippen LogP contribution in [0.1, 0.15) is 6.92 Å². The summed E-state index contributed by atoms with van der Waals surface area (Å²) in [5, 5.41) is 4.93. The van der Waals surface area contributed by atoms with Crippen LogP contribution in [0.15, 0.2) is 41.5 Å². The molecule has 4 heteroatoms. The van der Waals surface area contributed by atoms with Gasteiger partial charge in [-0.05, 0) is 25.1 Å². The number of benzene rings is 1. The number of nitrogens with zero attached hydrogens (tertiary/aromatic N) is 2. The van der Waals surface area contributed by atoms with Crippen molar-refractivity contribution in [3.8, 4) is 0 Å². The van der Waals surface area contributed by atoms with Crippen LogP contribution in [0.5, 0.6) is 0 Å². The van der Waals surface area contributed by atoms with Gasteiger partial charge in [0.2, 0.25) is 0 Å². The first kappa shape index (κ1) is 10.3. The van der Waals surface area contributed by atoms with E-state index < -0.39 is 0 Å². The molecule has 0 fully saturated rings. The first-order chi connectivity index (χ1) is 7.79. The van der Waals surface area contributed by atoms with Crippen LogP contribution in [-0.2, 0) is 4.79 Å². The molecule has 16 heavy (non-hydrogen) atoms. The van der Waals surface area contributed by atoms with Crippen molar-refractivity contribution in [1.29, 1.82) is 0 Å². The zero-order chi connectivity index (χ0) is 11.4. The largest absolute Gasteiger partial charge is 0.296 e. The highest BCUT2D eigenvalue weighted by atomic mass is 16.1. The maximum Gasteiger partial charge on any atom is 0.165 e. The third-order valence-corrected chi connectivity index (χ3v) is 2.12. The van der Waals surface area contributed by atoms with Crippen LogP contribution >= 0.6 is 0 Å². The third-order valence-electron chi connectivity index (χ3n) is 2.12. The van der Waals surface area contributed by atoms with Crippen LogP contribution in [-0.4, -0.2) is 17.0 Å². The van der Waals surface area contributed by atoms with Gasteiger partial charge >= 0.3 is 0 Å². The normalized spacial score (nSPS) is 11.4. The van der Waals surface area contributed by atoms with Crippen molar-refractivity contribution in [3.05, 3.63) is 36.4 Å². The van der Waals surface area contributed by atoms with Crippen molar-refractivity contribution >= 4 is 28.7 Å².